The molecule has 1 aliphatic heterocycles. The van der Waals surface area contributed by atoms with Crippen LogP contribution in [0.5, 0.6) is 5.75 Å². The summed E-state index contributed by atoms with van der Waals surface area (Å²) in [5.41, 5.74) is 0.730. The van der Waals surface area contributed by atoms with Gasteiger partial charge in [0.25, 0.3) is 16.8 Å². The van der Waals surface area contributed by atoms with E-state index in [2.05, 4.69) is 6.92 Å². The molecule has 0 bridgehead atoms. The number of Topliss-reactive ketones (excluding diaryl/α,β-unsaturated/α-hetero) is 1. The number of rotatable bonds is 9. The topological polar surface area (TPSA) is 107 Å². The Balaban J connectivity index is 1.60. The average Bonchev–Trinajstić information content (AvgIpc) is 3.12. The number of ether oxygens (including phenoxy) is 1. The van der Waals surface area contributed by atoms with Crippen LogP contribution in [-0.2, 0) is 4.79 Å². The van der Waals surface area contributed by atoms with Crippen LogP contribution in [0.4, 0.5) is 10.5 Å². The molecule has 3 aromatic carbocycles. The fourth-order valence-corrected chi connectivity index (χ4v) is 4.47. The van der Waals surface area contributed by atoms with Gasteiger partial charge in [-0.15, -0.1) is 0 Å². The Labute approximate surface area is 205 Å². The highest BCUT2D eigenvalue weighted by Gasteiger charge is 2.36. The Kier molecular flexibility index (Phi) is 7.26. The van der Waals surface area contributed by atoms with Crippen molar-refractivity contribution < 1.29 is 24.0 Å². The van der Waals surface area contributed by atoms with Gasteiger partial charge in [-0.05, 0) is 53.2 Å². The molecular weight excluding hydrogens is 468 g/mol. The number of nitro benzene ring substituents is 1. The van der Waals surface area contributed by atoms with Crippen molar-refractivity contribution in [2.24, 2.45) is 0 Å². The highest BCUT2D eigenvalue weighted by atomic mass is 32.2. The second-order valence-electron chi connectivity index (χ2n) is 7.90. The number of imide groups is 1. The summed E-state index contributed by atoms with van der Waals surface area (Å²) in [5.74, 6) is -0.439. The number of carbonyl (C=O) groups is 3. The number of thioether (sulfide) groups is 1. The van der Waals surface area contributed by atoms with Crippen LogP contribution in [0.2, 0.25) is 0 Å². The van der Waals surface area contributed by atoms with E-state index in [1.54, 1.807) is 6.08 Å². The van der Waals surface area contributed by atoms with Gasteiger partial charge in [-0.3, -0.25) is 29.4 Å². The number of ketones is 1. The molecule has 0 spiro atoms. The van der Waals surface area contributed by atoms with Crippen LogP contribution in [0.25, 0.3) is 16.8 Å². The molecule has 1 saturated heterocycles. The second kappa shape index (κ2) is 10.5. The summed E-state index contributed by atoms with van der Waals surface area (Å²) in [4.78, 5) is 49.7. The molecule has 0 radical (unpaired) electrons. The third kappa shape index (κ3) is 5.25. The zero-order valence-corrected chi connectivity index (χ0v) is 19.7. The predicted molar refractivity (Wildman–Crippen MR) is 134 cm³/mol. The molecular formula is C26H22N2O6S. The maximum absolute atomic E-state index is 13.1. The van der Waals surface area contributed by atoms with E-state index in [1.165, 1.54) is 24.3 Å². The van der Waals surface area contributed by atoms with Gasteiger partial charge in [0, 0.05) is 23.3 Å². The van der Waals surface area contributed by atoms with Crippen LogP contribution < -0.4 is 4.74 Å². The number of non-ortho nitro benzene ring substituents is 1. The molecule has 0 saturated carbocycles. The first-order valence-corrected chi connectivity index (χ1v) is 11.9. The maximum atomic E-state index is 13.1. The van der Waals surface area contributed by atoms with Gasteiger partial charge in [0.15, 0.2) is 5.78 Å². The zero-order chi connectivity index (χ0) is 24.9. The minimum absolute atomic E-state index is 0.150. The lowest BCUT2D eigenvalue weighted by molar-refractivity contribution is -0.384. The van der Waals surface area contributed by atoms with Crippen molar-refractivity contribution in [3.63, 3.8) is 0 Å². The van der Waals surface area contributed by atoms with E-state index < -0.39 is 28.4 Å². The van der Waals surface area contributed by atoms with Crippen molar-refractivity contribution in [2.45, 2.75) is 19.8 Å². The Morgan fingerprint density at radius 1 is 1.09 bits per heavy atom. The number of amides is 2. The van der Waals surface area contributed by atoms with E-state index in [9.17, 15) is 24.5 Å². The van der Waals surface area contributed by atoms with Crippen LogP contribution in [0.3, 0.4) is 0 Å². The van der Waals surface area contributed by atoms with Gasteiger partial charge in [0.05, 0.1) is 23.0 Å². The van der Waals surface area contributed by atoms with E-state index >= 15 is 0 Å². The minimum Gasteiger partial charge on any atom is -0.493 e. The van der Waals surface area contributed by atoms with Crippen molar-refractivity contribution in [1.82, 2.24) is 4.90 Å². The van der Waals surface area contributed by atoms with E-state index in [0.717, 1.165) is 40.3 Å². The number of hydrogen-bond acceptors (Lipinski definition) is 7. The molecule has 4 rings (SSSR count). The smallest absolute Gasteiger partial charge is 0.293 e. The van der Waals surface area contributed by atoms with Gasteiger partial charge in [0.1, 0.15) is 5.75 Å². The molecule has 35 heavy (non-hydrogen) atoms. The van der Waals surface area contributed by atoms with Crippen LogP contribution in [0.15, 0.2) is 65.6 Å². The number of nitro groups is 1. The van der Waals surface area contributed by atoms with Crippen molar-refractivity contribution in [3.8, 4) is 5.75 Å². The first kappa shape index (κ1) is 24.2. The first-order chi connectivity index (χ1) is 16.9. The van der Waals surface area contributed by atoms with Crippen molar-refractivity contribution in [2.75, 3.05) is 13.2 Å². The van der Waals surface area contributed by atoms with E-state index in [4.69, 9.17) is 4.74 Å². The van der Waals surface area contributed by atoms with Gasteiger partial charge in [-0.1, -0.05) is 43.7 Å². The molecule has 0 aliphatic carbocycles. The molecule has 1 aliphatic rings. The van der Waals surface area contributed by atoms with Gasteiger partial charge in [0.2, 0.25) is 0 Å². The summed E-state index contributed by atoms with van der Waals surface area (Å²) >= 11 is 0.767. The lowest BCUT2D eigenvalue weighted by atomic mass is 10.0. The van der Waals surface area contributed by atoms with Crippen LogP contribution in [0, 0.1) is 10.1 Å². The SMILES string of the molecule is CCCCOc1ccc2ccccc2c1/C=C1\SC(=O)N(CC(=O)c2ccc([N+](=O)[O-])cc2)C1=O. The van der Waals surface area contributed by atoms with Crippen LogP contribution >= 0.6 is 11.8 Å². The Hall–Kier alpha value is -3.98. The number of unbranched alkanes of at least 4 members (excludes halogenated alkanes) is 1. The van der Waals surface area contributed by atoms with Crippen molar-refractivity contribution in [3.05, 3.63) is 86.8 Å². The first-order valence-electron chi connectivity index (χ1n) is 11.1. The Morgan fingerprint density at radius 2 is 1.83 bits per heavy atom. The highest BCUT2D eigenvalue weighted by Crippen LogP contribution is 2.37. The second-order valence-corrected chi connectivity index (χ2v) is 8.89. The Bertz CT molecular complexity index is 1350. The molecule has 178 valence electrons. The summed E-state index contributed by atoms with van der Waals surface area (Å²) in [7, 11) is 0. The third-order valence-corrected chi connectivity index (χ3v) is 6.44. The predicted octanol–water partition coefficient (Wildman–Crippen LogP) is 5.85. The standard InChI is InChI=1S/C26H22N2O6S/c1-2-3-14-34-23-13-10-17-6-4-5-7-20(17)21(23)15-24-25(30)27(26(31)35-24)16-22(29)18-8-11-19(12-9-18)28(32)33/h4-13,15H,2-3,14,16H2,1H3/b24-15-. The number of benzene rings is 3. The molecule has 3 aromatic rings. The maximum Gasteiger partial charge on any atom is 0.293 e. The van der Waals surface area contributed by atoms with E-state index in [1.807, 2.05) is 36.4 Å². The number of fused-ring (bicyclic) bond motifs is 1. The lowest BCUT2D eigenvalue weighted by Crippen LogP contribution is -2.33. The fraction of sp³-hybridized carbons (Fsp3) is 0.192. The molecule has 8 nitrogen and oxygen atoms in total. The summed E-state index contributed by atoms with van der Waals surface area (Å²) in [6.07, 6.45) is 3.50. The van der Waals surface area contributed by atoms with Crippen LogP contribution in [-0.4, -0.2) is 39.9 Å². The molecule has 0 atom stereocenters. The van der Waals surface area contributed by atoms with E-state index in [-0.39, 0.29) is 16.2 Å². The Morgan fingerprint density at radius 3 is 2.54 bits per heavy atom. The third-order valence-electron chi connectivity index (χ3n) is 5.54. The number of carbonyl (C=O) groups excluding carboxylic acids is 3. The fourth-order valence-electron chi connectivity index (χ4n) is 3.65. The molecule has 0 aromatic heterocycles. The van der Waals surface area contributed by atoms with E-state index in [0.29, 0.717) is 17.9 Å². The summed E-state index contributed by atoms with van der Waals surface area (Å²) in [5, 5.41) is 12.1. The van der Waals surface area contributed by atoms with Crippen molar-refractivity contribution in [1.29, 1.82) is 0 Å². The molecule has 0 N–H and O–H groups in total. The monoisotopic (exact) mass is 490 g/mol. The summed E-state index contributed by atoms with van der Waals surface area (Å²) in [6, 6.07) is 16.5. The molecule has 9 heteroatoms. The minimum atomic E-state index is -0.567. The molecule has 0 unspecified atom stereocenters. The number of hydrogen-bond donors (Lipinski definition) is 0. The molecule has 1 fully saturated rings. The highest BCUT2D eigenvalue weighted by molar-refractivity contribution is 8.18. The normalized spacial score (nSPS) is 14.7. The zero-order valence-electron chi connectivity index (χ0n) is 18.9. The van der Waals surface area contributed by atoms with Crippen molar-refractivity contribution >= 4 is 51.2 Å². The van der Waals surface area contributed by atoms with Gasteiger partial charge >= 0.3 is 0 Å². The quantitative estimate of drug-likeness (QED) is 0.122. The molecule has 1 heterocycles. The lowest BCUT2D eigenvalue weighted by Gasteiger charge is -2.13. The largest absolute Gasteiger partial charge is 0.493 e. The van der Waals surface area contributed by atoms with Gasteiger partial charge < -0.3 is 4.74 Å². The van der Waals surface area contributed by atoms with Gasteiger partial charge in [-0.25, -0.2) is 0 Å². The molecule has 2 amide bonds. The average molecular weight is 491 g/mol. The van der Waals surface area contributed by atoms with Crippen LogP contribution in [0.1, 0.15) is 35.7 Å². The number of nitrogens with zero attached hydrogens (tertiary/aromatic N) is 2. The summed E-state index contributed by atoms with van der Waals surface area (Å²) in [6.45, 7) is 2.15. The van der Waals surface area contributed by atoms with Gasteiger partial charge in [-0.2, -0.15) is 0 Å². The summed E-state index contributed by atoms with van der Waals surface area (Å²) < 4.78 is 5.97.